The van der Waals surface area contributed by atoms with Gasteiger partial charge in [-0.15, -0.1) is 4.40 Å². The van der Waals surface area contributed by atoms with Gasteiger partial charge in [0.05, 0.1) is 16.3 Å². The molecule has 0 spiro atoms. The molecular formula is C17H12N6O4S. The van der Waals surface area contributed by atoms with Crippen LogP contribution in [0.3, 0.4) is 0 Å². The van der Waals surface area contributed by atoms with Gasteiger partial charge in [0, 0.05) is 23.3 Å². The van der Waals surface area contributed by atoms with Crippen LogP contribution >= 0.6 is 0 Å². The molecule has 0 amide bonds. The van der Waals surface area contributed by atoms with E-state index in [2.05, 4.69) is 19.1 Å². The fourth-order valence-electron chi connectivity index (χ4n) is 2.74. The van der Waals surface area contributed by atoms with Crippen LogP contribution in [0, 0.1) is 10.1 Å². The van der Waals surface area contributed by atoms with Crippen LogP contribution in [-0.2, 0) is 10.2 Å². The lowest BCUT2D eigenvalue weighted by Gasteiger charge is -2.17. The molecule has 0 fully saturated rings. The number of nitro benzene ring substituents is 1. The number of nitrogens with one attached hydrogen (secondary N) is 1. The van der Waals surface area contributed by atoms with Gasteiger partial charge >= 0.3 is 10.2 Å². The predicted molar refractivity (Wildman–Crippen MR) is 103 cm³/mol. The predicted octanol–water partition coefficient (Wildman–Crippen LogP) is 2.09. The van der Waals surface area contributed by atoms with Crippen molar-refractivity contribution < 1.29 is 13.3 Å². The van der Waals surface area contributed by atoms with Crippen LogP contribution < -0.4 is 10.5 Å². The molecule has 0 atom stereocenters. The van der Waals surface area contributed by atoms with Crippen LogP contribution in [0.1, 0.15) is 5.69 Å². The smallest absolute Gasteiger partial charge is 0.345 e. The summed E-state index contributed by atoms with van der Waals surface area (Å²) in [7, 11) is -4.00. The molecule has 2 heterocycles. The first-order valence-electron chi connectivity index (χ1n) is 7.95. The normalized spacial score (nSPS) is 14.5. The molecule has 28 heavy (non-hydrogen) atoms. The van der Waals surface area contributed by atoms with Gasteiger partial charge in [-0.3, -0.25) is 10.1 Å². The van der Waals surface area contributed by atoms with E-state index in [-0.39, 0.29) is 23.0 Å². The molecule has 11 heteroatoms. The van der Waals surface area contributed by atoms with E-state index in [4.69, 9.17) is 5.73 Å². The van der Waals surface area contributed by atoms with Gasteiger partial charge in [0.25, 0.3) is 5.69 Å². The van der Waals surface area contributed by atoms with Crippen LogP contribution in [0.5, 0.6) is 0 Å². The first-order valence-corrected chi connectivity index (χ1v) is 9.39. The van der Waals surface area contributed by atoms with E-state index >= 15 is 0 Å². The van der Waals surface area contributed by atoms with Gasteiger partial charge in [-0.2, -0.15) is 8.42 Å². The zero-order valence-corrected chi connectivity index (χ0v) is 14.9. The van der Waals surface area contributed by atoms with Crippen molar-refractivity contribution in [3.8, 4) is 22.5 Å². The third kappa shape index (κ3) is 3.14. The monoisotopic (exact) mass is 396 g/mol. The SMILES string of the molecule is NC1=NS(=O)(=O)Nc2nc(-c3ccccc3)c(-c3ccc([N+](=O)[O-])cc3)nc21. The fraction of sp³-hybridized carbons (Fsp3) is 0. The van der Waals surface area contributed by atoms with Gasteiger partial charge in [-0.1, -0.05) is 30.3 Å². The molecule has 0 saturated carbocycles. The van der Waals surface area contributed by atoms with E-state index in [0.717, 1.165) is 0 Å². The number of non-ortho nitro benzene ring substituents is 1. The third-order valence-corrected chi connectivity index (χ3v) is 4.87. The van der Waals surface area contributed by atoms with Crippen molar-refractivity contribution in [2.75, 3.05) is 4.72 Å². The fourth-order valence-corrected chi connectivity index (χ4v) is 3.52. The average molecular weight is 396 g/mol. The summed E-state index contributed by atoms with van der Waals surface area (Å²) in [6.45, 7) is 0. The van der Waals surface area contributed by atoms with Gasteiger partial charge in [0.15, 0.2) is 17.3 Å². The van der Waals surface area contributed by atoms with Crippen LogP contribution in [0.25, 0.3) is 22.5 Å². The highest BCUT2D eigenvalue weighted by Gasteiger charge is 2.26. The lowest BCUT2D eigenvalue weighted by atomic mass is 10.0. The average Bonchev–Trinajstić information content (AvgIpc) is 2.67. The van der Waals surface area contributed by atoms with Crippen molar-refractivity contribution in [3.05, 3.63) is 70.4 Å². The first-order chi connectivity index (χ1) is 13.3. The molecule has 1 aromatic heterocycles. The summed E-state index contributed by atoms with van der Waals surface area (Å²) in [5.74, 6) is -0.318. The molecule has 1 aliphatic rings. The van der Waals surface area contributed by atoms with Gasteiger partial charge < -0.3 is 5.73 Å². The van der Waals surface area contributed by atoms with E-state index in [1.807, 2.05) is 6.07 Å². The Kier molecular flexibility index (Phi) is 4.00. The summed E-state index contributed by atoms with van der Waals surface area (Å²) in [5, 5.41) is 10.9. The Morgan fingerprint density at radius 1 is 0.893 bits per heavy atom. The summed E-state index contributed by atoms with van der Waals surface area (Å²) >= 11 is 0. The number of amidine groups is 1. The molecule has 0 saturated heterocycles. The first kappa shape index (κ1) is 17.5. The molecular weight excluding hydrogens is 384 g/mol. The van der Waals surface area contributed by atoms with Gasteiger partial charge in [-0.05, 0) is 12.1 Å². The number of anilines is 1. The highest BCUT2D eigenvalue weighted by atomic mass is 32.2. The van der Waals surface area contributed by atoms with Crippen molar-refractivity contribution in [1.82, 2.24) is 9.97 Å². The summed E-state index contributed by atoms with van der Waals surface area (Å²) in [6, 6.07) is 14.8. The molecule has 0 aliphatic carbocycles. The van der Waals surface area contributed by atoms with E-state index < -0.39 is 15.1 Å². The van der Waals surface area contributed by atoms with Gasteiger partial charge in [0.2, 0.25) is 0 Å². The summed E-state index contributed by atoms with van der Waals surface area (Å²) in [5.41, 5.74) is 7.81. The largest absolute Gasteiger partial charge is 0.381 e. The highest BCUT2D eigenvalue weighted by Crippen LogP contribution is 2.33. The molecule has 0 bridgehead atoms. The van der Waals surface area contributed by atoms with E-state index in [9.17, 15) is 18.5 Å². The van der Waals surface area contributed by atoms with E-state index in [0.29, 0.717) is 22.5 Å². The minimum Gasteiger partial charge on any atom is -0.381 e. The number of nitrogens with two attached hydrogens (primary N) is 1. The topological polar surface area (TPSA) is 153 Å². The van der Waals surface area contributed by atoms with Crippen LogP contribution in [-0.4, -0.2) is 29.1 Å². The maximum atomic E-state index is 11.8. The summed E-state index contributed by atoms with van der Waals surface area (Å²) in [6.07, 6.45) is 0. The third-order valence-electron chi connectivity index (χ3n) is 3.98. The maximum Gasteiger partial charge on any atom is 0.345 e. The zero-order valence-electron chi connectivity index (χ0n) is 14.1. The Labute approximate surface area is 159 Å². The molecule has 4 rings (SSSR count). The van der Waals surface area contributed by atoms with Crippen LogP contribution in [0.2, 0.25) is 0 Å². The molecule has 2 aromatic carbocycles. The Morgan fingerprint density at radius 3 is 2.14 bits per heavy atom. The zero-order chi connectivity index (χ0) is 19.9. The van der Waals surface area contributed by atoms with Crippen LogP contribution in [0.15, 0.2) is 59.0 Å². The van der Waals surface area contributed by atoms with Crippen molar-refractivity contribution >= 4 is 27.6 Å². The molecule has 10 nitrogen and oxygen atoms in total. The second-order valence-electron chi connectivity index (χ2n) is 5.84. The summed E-state index contributed by atoms with van der Waals surface area (Å²) < 4.78 is 29.3. The number of aromatic nitrogens is 2. The minimum atomic E-state index is -4.00. The maximum absolute atomic E-state index is 11.8. The van der Waals surface area contributed by atoms with Crippen molar-refractivity contribution in [2.24, 2.45) is 10.1 Å². The lowest BCUT2D eigenvalue weighted by molar-refractivity contribution is -0.384. The number of hydrogen-bond donors (Lipinski definition) is 2. The Morgan fingerprint density at radius 2 is 1.50 bits per heavy atom. The molecule has 3 aromatic rings. The second-order valence-corrected chi connectivity index (χ2v) is 7.18. The highest BCUT2D eigenvalue weighted by molar-refractivity contribution is 7.91. The molecule has 0 unspecified atom stereocenters. The molecule has 3 N–H and O–H groups in total. The van der Waals surface area contributed by atoms with Crippen molar-refractivity contribution in [2.45, 2.75) is 0 Å². The Hall–Kier alpha value is -3.86. The van der Waals surface area contributed by atoms with Crippen molar-refractivity contribution in [3.63, 3.8) is 0 Å². The van der Waals surface area contributed by atoms with Gasteiger partial charge in [-0.25, -0.2) is 14.7 Å². The quantitative estimate of drug-likeness (QED) is 0.507. The number of rotatable bonds is 3. The number of hydrogen-bond acceptors (Lipinski definition) is 7. The van der Waals surface area contributed by atoms with Gasteiger partial charge in [0.1, 0.15) is 0 Å². The van der Waals surface area contributed by atoms with E-state index in [1.54, 1.807) is 36.4 Å². The Balaban J connectivity index is 1.96. The second kappa shape index (κ2) is 6.39. The lowest BCUT2D eigenvalue weighted by Crippen LogP contribution is -2.28. The standard InChI is InChI=1S/C17H12N6O4S/c18-16-15-17(22-28(26,27)21-16)20-14(10-4-2-1-3-5-10)13(19-15)11-6-8-12(9-7-11)23(24)25/h1-9H,(H2,18,21)(H,20,22). The number of benzene rings is 2. The van der Waals surface area contributed by atoms with E-state index in [1.165, 1.54) is 12.1 Å². The summed E-state index contributed by atoms with van der Waals surface area (Å²) in [4.78, 5) is 19.3. The van der Waals surface area contributed by atoms with Crippen LogP contribution in [0.4, 0.5) is 11.5 Å². The van der Waals surface area contributed by atoms with Crippen molar-refractivity contribution in [1.29, 1.82) is 0 Å². The minimum absolute atomic E-state index is 0.0305. The Bertz CT molecular complexity index is 1220. The molecule has 0 radical (unpaired) electrons. The molecule has 140 valence electrons. The molecule has 1 aliphatic heterocycles. The number of nitrogens with zero attached hydrogens (tertiary/aromatic N) is 4. The number of fused-ring (bicyclic) bond motifs is 1. The number of nitro groups is 1.